The summed E-state index contributed by atoms with van der Waals surface area (Å²) in [5, 5.41) is 2.84. The van der Waals surface area contributed by atoms with E-state index in [1.54, 1.807) is 0 Å². The second kappa shape index (κ2) is 9.15. The van der Waals surface area contributed by atoms with Gasteiger partial charge in [-0.25, -0.2) is 0 Å². The fourth-order valence-corrected chi connectivity index (χ4v) is 1.31. The molecule has 96 valence electrons. The number of hydrazine groups is 1. The van der Waals surface area contributed by atoms with Crippen LogP contribution in [0.25, 0.3) is 0 Å². The molecule has 0 aromatic heterocycles. The molecule has 0 aliphatic heterocycles. The van der Waals surface area contributed by atoms with Crippen molar-refractivity contribution in [3.8, 4) is 0 Å². The second-order valence-electron chi connectivity index (χ2n) is 3.56. The van der Waals surface area contributed by atoms with Crippen molar-refractivity contribution in [2.24, 2.45) is 0 Å². The van der Waals surface area contributed by atoms with Crippen LogP contribution in [0.3, 0.4) is 0 Å². The van der Waals surface area contributed by atoms with E-state index >= 15 is 0 Å². The van der Waals surface area contributed by atoms with E-state index in [9.17, 15) is 4.79 Å². The molecule has 1 aromatic carbocycles. The van der Waals surface area contributed by atoms with Gasteiger partial charge in [-0.3, -0.25) is 15.6 Å². The summed E-state index contributed by atoms with van der Waals surface area (Å²) < 4.78 is 0. The molecule has 0 aliphatic rings. The molecule has 0 bridgehead atoms. The average molecular weight is 302 g/mol. The standard InChI is InChI=1S/C12H19N3O.BrH/c1-3-8-14-12(16)11-6-4-10(5-7-11)9-15-13-2;/h4-7,13,15H,3,8-9H2,1-2H3,(H,14,16);1H. The largest absolute Gasteiger partial charge is 0.352 e. The molecule has 0 spiro atoms. The minimum Gasteiger partial charge on any atom is -0.352 e. The lowest BCUT2D eigenvalue weighted by molar-refractivity contribution is 0.0953. The average Bonchev–Trinajstić information content (AvgIpc) is 2.34. The van der Waals surface area contributed by atoms with E-state index in [1.807, 2.05) is 38.2 Å². The number of benzene rings is 1. The van der Waals surface area contributed by atoms with Gasteiger partial charge in [0.25, 0.3) is 5.91 Å². The van der Waals surface area contributed by atoms with Crippen LogP contribution in [-0.4, -0.2) is 19.5 Å². The zero-order valence-corrected chi connectivity index (χ0v) is 12.0. The van der Waals surface area contributed by atoms with E-state index in [-0.39, 0.29) is 22.9 Å². The maximum atomic E-state index is 11.6. The third-order valence-corrected chi connectivity index (χ3v) is 2.22. The molecule has 1 aromatic rings. The van der Waals surface area contributed by atoms with Crippen molar-refractivity contribution in [1.82, 2.24) is 16.2 Å². The van der Waals surface area contributed by atoms with Crippen LogP contribution in [0.15, 0.2) is 24.3 Å². The van der Waals surface area contributed by atoms with Crippen LogP contribution in [0.2, 0.25) is 0 Å². The number of amides is 1. The quantitative estimate of drug-likeness (QED) is 0.700. The van der Waals surface area contributed by atoms with Gasteiger partial charge in [-0.15, -0.1) is 17.0 Å². The van der Waals surface area contributed by atoms with Crippen molar-refractivity contribution in [2.75, 3.05) is 13.6 Å². The summed E-state index contributed by atoms with van der Waals surface area (Å²) in [4.78, 5) is 11.6. The highest BCUT2D eigenvalue weighted by Gasteiger charge is 2.03. The molecular formula is C12H20BrN3O. The van der Waals surface area contributed by atoms with E-state index in [1.165, 1.54) is 0 Å². The van der Waals surface area contributed by atoms with Gasteiger partial charge in [0.15, 0.2) is 0 Å². The molecule has 0 unspecified atom stereocenters. The molecule has 4 nitrogen and oxygen atoms in total. The minimum absolute atomic E-state index is 0. The highest BCUT2D eigenvalue weighted by Crippen LogP contribution is 2.04. The van der Waals surface area contributed by atoms with E-state index in [0.717, 1.165) is 25.1 Å². The van der Waals surface area contributed by atoms with Crippen molar-refractivity contribution in [2.45, 2.75) is 19.9 Å². The lowest BCUT2D eigenvalue weighted by Gasteiger charge is -2.05. The summed E-state index contributed by atoms with van der Waals surface area (Å²) in [6.45, 7) is 3.50. The first kappa shape index (κ1) is 16.1. The van der Waals surface area contributed by atoms with Gasteiger partial charge in [0.1, 0.15) is 0 Å². The van der Waals surface area contributed by atoms with Gasteiger partial charge in [0.2, 0.25) is 0 Å². The molecular weight excluding hydrogens is 282 g/mol. The monoisotopic (exact) mass is 301 g/mol. The minimum atomic E-state index is -0.00465. The molecule has 1 rings (SSSR count). The Kier molecular flexibility index (Phi) is 8.66. The van der Waals surface area contributed by atoms with Crippen molar-refractivity contribution >= 4 is 22.9 Å². The predicted octanol–water partition coefficient (Wildman–Crippen LogP) is 1.63. The molecule has 17 heavy (non-hydrogen) atoms. The molecule has 0 atom stereocenters. The van der Waals surface area contributed by atoms with E-state index in [4.69, 9.17) is 0 Å². The molecule has 0 aliphatic carbocycles. The molecule has 0 fully saturated rings. The first-order valence-electron chi connectivity index (χ1n) is 5.54. The van der Waals surface area contributed by atoms with Gasteiger partial charge in [-0.1, -0.05) is 19.1 Å². The Balaban J connectivity index is 0.00000256. The molecule has 0 saturated heterocycles. The highest BCUT2D eigenvalue weighted by molar-refractivity contribution is 8.93. The van der Waals surface area contributed by atoms with Crippen LogP contribution in [0.1, 0.15) is 29.3 Å². The summed E-state index contributed by atoms with van der Waals surface area (Å²) in [6.07, 6.45) is 0.954. The third kappa shape index (κ3) is 5.81. The van der Waals surface area contributed by atoms with Gasteiger partial charge in [-0.2, -0.15) is 0 Å². The number of carbonyl (C=O) groups is 1. The van der Waals surface area contributed by atoms with Crippen LogP contribution in [0.5, 0.6) is 0 Å². The zero-order valence-electron chi connectivity index (χ0n) is 10.2. The fourth-order valence-electron chi connectivity index (χ4n) is 1.31. The van der Waals surface area contributed by atoms with E-state index in [0.29, 0.717) is 5.56 Å². The maximum absolute atomic E-state index is 11.6. The number of rotatable bonds is 6. The van der Waals surface area contributed by atoms with Crippen LogP contribution >= 0.6 is 17.0 Å². The molecule has 0 radical (unpaired) electrons. The number of carbonyl (C=O) groups excluding carboxylic acids is 1. The summed E-state index contributed by atoms with van der Waals surface area (Å²) in [6, 6.07) is 7.59. The molecule has 0 heterocycles. The summed E-state index contributed by atoms with van der Waals surface area (Å²) >= 11 is 0. The number of halogens is 1. The SMILES string of the molecule is Br.CCCNC(=O)c1ccc(CNNC)cc1. The topological polar surface area (TPSA) is 53.2 Å². The van der Waals surface area contributed by atoms with Crippen LogP contribution in [0, 0.1) is 0 Å². The molecule has 0 saturated carbocycles. The second-order valence-corrected chi connectivity index (χ2v) is 3.56. The van der Waals surface area contributed by atoms with Crippen molar-refractivity contribution in [1.29, 1.82) is 0 Å². The van der Waals surface area contributed by atoms with Gasteiger partial charge >= 0.3 is 0 Å². The Morgan fingerprint density at radius 2 is 1.88 bits per heavy atom. The van der Waals surface area contributed by atoms with Crippen molar-refractivity contribution < 1.29 is 4.79 Å². The lowest BCUT2D eigenvalue weighted by atomic mass is 10.1. The van der Waals surface area contributed by atoms with Crippen LogP contribution in [0.4, 0.5) is 0 Å². The Bertz CT molecular complexity index is 327. The van der Waals surface area contributed by atoms with Crippen LogP contribution < -0.4 is 16.2 Å². The molecule has 5 heteroatoms. The number of hydrogen-bond donors (Lipinski definition) is 3. The third-order valence-electron chi connectivity index (χ3n) is 2.22. The predicted molar refractivity (Wildman–Crippen MR) is 75.3 cm³/mol. The Morgan fingerprint density at radius 1 is 1.24 bits per heavy atom. The Hall–Kier alpha value is -0.910. The fraction of sp³-hybridized carbons (Fsp3) is 0.417. The Morgan fingerprint density at radius 3 is 2.41 bits per heavy atom. The zero-order chi connectivity index (χ0) is 11.8. The van der Waals surface area contributed by atoms with E-state index in [2.05, 4.69) is 16.2 Å². The summed E-state index contributed by atoms with van der Waals surface area (Å²) in [7, 11) is 1.83. The number of nitrogens with one attached hydrogen (secondary N) is 3. The van der Waals surface area contributed by atoms with Gasteiger partial charge in [0, 0.05) is 18.7 Å². The normalized spacial score (nSPS) is 9.53. The van der Waals surface area contributed by atoms with Gasteiger partial charge < -0.3 is 5.32 Å². The van der Waals surface area contributed by atoms with Crippen molar-refractivity contribution in [3.05, 3.63) is 35.4 Å². The summed E-state index contributed by atoms with van der Waals surface area (Å²) in [5.74, 6) is -0.00465. The summed E-state index contributed by atoms with van der Waals surface area (Å²) in [5.41, 5.74) is 7.70. The smallest absolute Gasteiger partial charge is 0.251 e. The lowest BCUT2D eigenvalue weighted by Crippen LogP contribution is -2.26. The van der Waals surface area contributed by atoms with Crippen LogP contribution in [-0.2, 0) is 6.54 Å². The highest BCUT2D eigenvalue weighted by atomic mass is 79.9. The van der Waals surface area contributed by atoms with Crippen molar-refractivity contribution in [3.63, 3.8) is 0 Å². The maximum Gasteiger partial charge on any atom is 0.251 e. The first-order valence-corrected chi connectivity index (χ1v) is 5.54. The molecule has 1 amide bonds. The Labute approximate surface area is 113 Å². The van der Waals surface area contributed by atoms with Gasteiger partial charge in [-0.05, 0) is 31.2 Å². The first-order chi connectivity index (χ1) is 7.77. The van der Waals surface area contributed by atoms with Gasteiger partial charge in [0.05, 0.1) is 0 Å². The number of hydrogen-bond acceptors (Lipinski definition) is 3. The van der Waals surface area contributed by atoms with E-state index < -0.39 is 0 Å². The molecule has 3 N–H and O–H groups in total.